The van der Waals surface area contributed by atoms with E-state index in [0.29, 0.717) is 48.9 Å². The lowest BCUT2D eigenvalue weighted by Crippen LogP contribution is -2.54. The van der Waals surface area contributed by atoms with Gasteiger partial charge >= 0.3 is 0 Å². The van der Waals surface area contributed by atoms with E-state index in [2.05, 4.69) is 4.99 Å². The Bertz CT molecular complexity index is 1330. The highest BCUT2D eigenvalue weighted by atomic mass is 35.5. The number of amides is 1. The van der Waals surface area contributed by atoms with Crippen LogP contribution in [0.5, 0.6) is 11.5 Å². The summed E-state index contributed by atoms with van der Waals surface area (Å²) in [7, 11) is 1.77. The van der Waals surface area contributed by atoms with Crippen molar-refractivity contribution < 1.29 is 14.3 Å². The number of benzene rings is 3. The van der Waals surface area contributed by atoms with Crippen LogP contribution in [-0.2, 0) is 6.61 Å². The highest BCUT2D eigenvalue weighted by Gasteiger charge is 2.46. The molecule has 0 radical (unpaired) electrons. The summed E-state index contributed by atoms with van der Waals surface area (Å²) in [5.41, 5.74) is 9.63. The van der Waals surface area contributed by atoms with Gasteiger partial charge in [-0.15, -0.1) is 0 Å². The minimum atomic E-state index is -0.617. The minimum Gasteiger partial charge on any atom is -0.489 e. The summed E-state index contributed by atoms with van der Waals surface area (Å²) in [6.45, 7) is 1.46. The lowest BCUT2D eigenvalue weighted by Gasteiger charge is -2.46. The zero-order valence-corrected chi connectivity index (χ0v) is 20.9. The predicted octanol–water partition coefficient (Wildman–Crippen LogP) is 5.25. The number of hydrogen-bond donors (Lipinski definition) is 1. The number of halogens is 1. The highest BCUT2D eigenvalue weighted by molar-refractivity contribution is 6.34. The van der Waals surface area contributed by atoms with Crippen molar-refractivity contribution in [3.8, 4) is 11.5 Å². The van der Waals surface area contributed by atoms with Crippen LogP contribution in [-0.4, -0.2) is 42.3 Å². The van der Waals surface area contributed by atoms with E-state index in [1.165, 1.54) is 0 Å². The second-order valence-corrected chi connectivity index (χ2v) is 9.36. The summed E-state index contributed by atoms with van der Waals surface area (Å²) in [5.74, 6) is 1.30. The van der Waals surface area contributed by atoms with Gasteiger partial charge < -0.3 is 20.1 Å². The Labute approximate surface area is 216 Å². The number of likely N-dealkylation sites (tertiary alicyclic amines) is 1. The number of fused-ring (bicyclic) bond motifs is 1. The van der Waals surface area contributed by atoms with E-state index in [0.717, 1.165) is 28.2 Å². The highest BCUT2D eigenvalue weighted by Crippen LogP contribution is 2.43. The average Bonchev–Trinajstić information content (AvgIpc) is 2.92. The van der Waals surface area contributed by atoms with Crippen molar-refractivity contribution in [1.29, 1.82) is 0 Å². The van der Waals surface area contributed by atoms with E-state index in [1.807, 2.05) is 59.5 Å². The number of piperidine rings is 1. The molecule has 1 saturated heterocycles. The molecular weight excluding hydrogens is 474 g/mol. The first-order valence-electron chi connectivity index (χ1n) is 12.0. The number of nitrogens with zero attached hydrogens (tertiary/aromatic N) is 2. The molecule has 0 atom stereocenters. The molecule has 2 aliphatic rings. The number of para-hydroxylation sites is 1. The molecule has 3 aromatic rings. The van der Waals surface area contributed by atoms with Gasteiger partial charge in [-0.1, -0.05) is 54.1 Å². The molecule has 1 spiro atoms. The van der Waals surface area contributed by atoms with E-state index in [9.17, 15) is 4.79 Å². The first kappa shape index (κ1) is 23.9. The lowest BCUT2D eigenvalue weighted by atomic mass is 9.78. The Morgan fingerprint density at radius 3 is 2.53 bits per heavy atom. The molecule has 7 heteroatoms. The van der Waals surface area contributed by atoms with E-state index < -0.39 is 5.60 Å². The quantitative estimate of drug-likeness (QED) is 0.530. The molecule has 2 aliphatic heterocycles. The summed E-state index contributed by atoms with van der Waals surface area (Å²) in [4.78, 5) is 19.7. The van der Waals surface area contributed by atoms with E-state index in [-0.39, 0.29) is 5.91 Å². The molecule has 3 aromatic carbocycles. The second kappa shape index (κ2) is 10.1. The number of rotatable bonds is 4. The minimum absolute atomic E-state index is 0.108. The Hall–Kier alpha value is -3.77. The van der Waals surface area contributed by atoms with Crippen molar-refractivity contribution in [1.82, 2.24) is 4.90 Å². The number of carbonyl (C=O) groups is 1. The SMILES string of the molecule is CN=C1C(=CN)C2(CCN(C(=O)c3ccc(OCc4ccccc4)cc3Cl)CC2)Oc2ccccc21. The molecule has 0 aromatic heterocycles. The van der Waals surface area contributed by atoms with Crippen molar-refractivity contribution in [2.75, 3.05) is 20.1 Å². The van der Waals surface area contributed by atoms with Gasteiger partial charge in [0.05, 0.1) is 16.3 Å². The van der Waals surface area contributed by atoms with Crippen LogP contribution in [0.3, 0.4) is 0 Å². The van der Waals surface area contributed by atoms with Crippen LogP contribution in [0.15, 0.2) is 89.6 Å². The molecular formula is C29H28ClN3O3. The normalized spacial score (nSPS) is 18.7. The molecule has 5 rings (SSSR count). The maximum Gasteiger partial charge on any atom is 0.255 e. The molecule has 0 aliphatic carbocycles. The molecule has 0 bridgehead atoms. The molecule has 2 N–H and O–H groups in total. The van der Waals surface area contributed by atoms with Gasteiger partial charge in [-0.2, -0.15) is 0 Å². The topological polar surface area (TPSA) is 77.2 Å². The van der Waals surface area contributed by atoms with E-state index in [1.54, 1.807) is 31.4 Å². The molecule has 1 amide bonds. The summed E-state index contributed by atoms with van der Waals surface area (Å²) in [5, 5.41) is 0.372. The molecule has 2 heterocycles. The van der Waals surface area contributed by atoms with Gasteiger partial charge in [0.15, 0.2) is 0 Å². The summed E-state index contributed by atoms with van der Waals surface area (Å²) in [6, 6.07) is 23.0. The van der Waals surface area contributed by atoms with Gasteiger partial charge in [-0.05, 0) is 35.9 Å². The van der Waals surface area contributed by atoms with Gasteiger partial charge in [-0.25, -0.2) is 0 Å². The van der Waals surface area contributed by atoms with Crippen LogP contribution < -0.4 is 15.2 Å². The number of aliphatic imine (C=N–C) groups is 1. The van der Waals surface area contributed by atoms with Gasteiger partial charge in [0.1, 0.15) is 23.7 Å². The second-order valence-electron chi connectivity index (χ2n) is 8.95. The lowest BCUT2D eigenvalue weighted by molar-refractivity contribution is 0.0285. The first-order valence-corrected chi connectivity index (χ1v) is 12.4. The van der Waals surface area contributed by atoms with Crippen LogP contribution in [0.1, 0.15) is 34.3 Å². The molecule has 184 valence electrons. The van der Waals surface area contributed by atoms with Crippen molar-refractivity contribution >= 4 is 23.2 Å². The van der Waals surface area contributed by atoms with Crippen molar-refractivity contribution in [2.45, 2.75) is 25.0 Å². The third-order valence-electron chi connectivity index (χ3n) is 6.86. The van der Waals surface area contributed by atoms with E-state index in [4.69, 9.17) is 26.8 Å². The van der Waals surface area contributed by atoms with Gasteiger partial charge in [0.25, 0.3) is 5.91 Å². The van der Waals surface area contributed by atoms with Crippen LogP contribution in [0.4, 0.5) is 0 Å². The first-order chi connectivity index (χ1) is 17.5. The third kappa shape index (κ3) is 4.44. The molecule has 0 saturated carbocycles. The van der Waals surface area contributed by atoms with Crippen LogP contribution >= 0.6 is 11.6 Å². The maximum absolute atomic E-state index is 13.3. The fourth-order valence-electron chi connectivity index (χ4n) is 4.96. The van der Waals surface area contributed by atoms with Crippen LogP contribution in [0.25, 0.3) is 0 Å². The van der Waals surface area contributed by atoms with Gasteiger partial charge in [0, 0.05) is 50.3 Å². The molecule has 36 heavy (non-hydrogen) atoms. The average molecular weight is 502 g/mol. The largest absolute Gasteiger partial charge is 0.489 e. The third-order valence-corrected chi connectivity index (χ3v) is 7.17. The predicted molar refractivity (Wildman–Crippen MR) is 142 cm³/mol. The maximum atomic E-state index is 13.3. The van der Waals surface area contributed by atoms with Crippen LogP contribution in [0, 0.1) is 0 Å². The summed E-state index contributed by atoms with van der Waals surface area (Å²) < 4.78 is 12.4. The Morgan fingerprint density at radius 1 is 1.11 bits per heavy atom. The number of nitrogens with two attached hydrogens (primary N) is 1. The number of carbonyl (C=O) groups excluding carboxylic acids is 1. The zero-order valence-electron chi connectivity index (χ0n) is 20.1. The standard InChI is InChI=1S/C29H28ClN3O3/c1-32-27-23-9-5-6-10-26(23)36-29(24(27)18-31)13-15-33(16-14-29)28(34)22-12-11-21(17-25(22)30)35-19-20-7-3-2-4-8-20/h2-12,17-18H,13-16,19,31H2,1H3. The number of hydrogen-bond acceptors (Lipinski definition) is 5. The Kier molecular flexibility index (Phi) is 6.70. The van der Waals surface area contributed by atoms with Crippen LogP contribution in [0.2, 0.25) is 5.02 Å². The fourth-order valence-corrected chi connectivity index (χ4v) is 5.21. The monoisotopic (exact) mass is 501 g/mol. The smallest absolute Gasteiger partial charge is 0.255 e. The van der Waals surface area contributed by atoms with Crippen molar-refractivity contribution in [3.63, 3.8) is 0 Å². The number of ether oxygens (including phenoxy) is 2. The van der Waals surface area contributed by atoms with Gasteiger partial charge in [-0.3, -0.25) is 9.79 Å². The summed E-state index contributed by atoms with van der Waals surface area (Å²) in [6.07, 6.45) is 2.80. The molecule has 1 fully saturated rings. The van der Waals surface area contributed by atoms with Crippen molar-refractivity contribution in [3.05, 3.63) is 106 Å². The fraction of sp³-hybridized carbons (Fsp3) is 0.241. The Morgan fingerprint density at radius 2 is 1.83 bits per heavy atom. The van der Waals surface area contributed by atoms with Gasteiger partial charge in [0.2, 0.25) is 0 Å². The molecule has 6 nitrogen and oxygen atoms in total. The summed E-state index contributed by atoms with van der Waals surface area (Å²) >= 11 is 6.51. The van der Waals surface area contributed by atoms with E-state index >= 15 is 0 Å². The zero-order chi connectivity index (χ0) is 25.1. The van der Waals surface area contributed by atoms with Crippen molar-refractivity contribution in [2.24, 2.45) is 10.7 Å². The Balaban J connectivity index is 1.29. The molecule has 0 unspecified atom stereocenters.